The van der Waals surface area contributed by atoms with Crippen LogP contribution in [0.1, 0.15) is 21.5 Å². The van der Waals surface area contributed by atoms with Crippen LogP contribution in [0.5, 0.6) is 0 Å². The molecule has 20 heavy (non-hydrogen) atoms. The van der Waals surface area contributed by atoms with E-state index in [1.807, 2.05) is 24.3 Å². The first kappa shape index (κ1) is 14.7. The second kappa shape index (κ2) is 7.20. The molecule has 0 heterocycles. The molecule has 0 spiro atoms. The smallest absolute Gasteiger partial charge is 0.251 e. The van der Waals surface area contributed by atoms with E-state index in [1.54, 1.807) is 12.1 Å². The van der Waals surface area contributed by atoms with E-state index in [4.69, 9.17) is 0 Å². The van der Waals surface area contributed by atoms with Gasteiger partial charge in [-0.1, -0.05) is 40.2 Å². The largest absolute Gasteiger partial charge is 0.352 e. The van der Waals surface area contributed by atoms with E-state index in [0.29, 0.717) is 18.5 Å². The quantitative estimate of drug-likeness (QED) is 0.829. The lowest BCUT2D eigenvalue weighted by molar-refractivity contribution is 0.0954. The monoisotopic (exact) mass is 335 g/mol. The van der Waals surface area contributed by atoms with Crippen LogP contribution in [0.25, 0.3) is 0 Å². The lowest BCUT2D eigenvalue weighted by Gasteiger charge is -2.06. The number of halogens is 2. The van der Waals surface area contributed by atoms with Crippen LogP contribution in [-0.4, -0.2) is 12.5 Å². The lowest BCUT2D eigenvalue weighted by atomic mass is 10.1. The van der Waals surface area contributed by atoms with Crippen LogP contribution < -0.4 is 5.32 Å². The van der Waals surface area contributed by atoms with E-state index in [2.05, 4.69) is 21.2 Å². The highest BCUT2D eigenvalue weighted by atomic mass is 79.9. The first-order valence-corrected chi connectivity index (χ1v) is 7.49. The Bertz CT molecular complexity index is 566. The van der Waals surface area contributed by atoms with Gasteiger partial charge in [-0.25, -0.2) is 4.39 Å². The number of carbonyl (C=O) groups is 1. The summed E-state index contributed by atoms with van der Waals surface area (Å²) in [6.07, 6.45) is 0.686. The predicted octanol–water partition coefficient (Wildman–Crippen LogP) is 3.69. The molecule has 0 saturated heterocycles. The van der Waals surface area contributed by atoms with Gasteiger partial charge in [0.25, 0.3) is 5.91 Å². The molecule has 1 N–H and O–H groups in total. The molecule has 0 aromatic heterocycles. The van der Waals surface area contributed by atoms with Crippen molar-refractivity contribution in [2.24, 2.45) is 0 Å². The van der Waals surface area contributed by atoms with Crippen LogP contribution in [0.15, 0.2) is 48.5 Å². The van der Waals surface area contributed by atoms with Crippen molar-refractivity contribution in [2.45, 2.75) is 11.8 Å². The molecule has 2 rings (SSSR count). The fourth-order valence-corrected chi connectivity index (χ4v) is 2.19. The van der Waals surface area contributed by atoms with Gasteiger partial charge in [-0.15, -0.1) is 0 Å². The van der Waals surface area contributed by atoms with Gasteiger partial charge in [0.05, 0.1) is 0 Å². The van der Waals surface area contributed by atoms with Crippen LogP contribution >= 0.6 is 15.9 Å². The van der Waals surface area contributed by atoms with Gasteiger partial charge in [0, 0.05) is 17.4 Å². The number of hydrogen-bond donors (Lipinski definition) is 1. The standard InChI is InChI=1S/C16H15BrFNO/c17-11-13-1-5-14(6-2-13)16(20)19-10-9-12-3-7-15(18)8-4-12/h1-8H,9-11H2,(H,19,20). The summed E-state index contributed by atoms with van der Waals surface area (Å²) in [5, 5.41) is 3.63. The van der Waals surface area contributed by atoms with Gasteiger partial charge in [0.1, 0.15) is 5.82 Å². The van der Waals surface area contributed by atoms with Crippen molar-refractivity contribution < 1.29 is 9.18 Å². The first-order valence-electron chi connectivity index (χ1n) is 6.36. The van der Waals surface area contributed by atoms with Crippen molar-refractivity contribution in [2.75, 3.05) is 6.54 Å². The summed E-state index contributed by atoms with van der Waals surface area (Å²) in [6.45, 7) is 0.532. The fourth-order valence-electron chi connectivity index (χ4n) is 1.82. The van der Waals surface area contributed by atoms with Gasteiger partial charge in [0.15, 0.2) is 0 Å². The summed E-state index contributed by atoms with van der Waals surface area (Å²) in [6, 6.07) is 13.8. The Hall–Kier alpha value is -1.68. The maximum atomic E-state index is 12.7. The number of hydrogen-bond acceptors (Lipinski definition) is 1. The summed E-state index contributed by atoms with van der Waals surface area (Å²) in [5.74, 6) is -0.335. The Morgan fingerprint density at radius 1 is 1.00 bits per heavy atom. The van der Waals surface area contributed by atoms with Crippen molar-refractivity contribution in [1.82, 2.24) is 5.32 Å². The Balaban J connectivity index is 1.83. The van der Waals surface area contributed by atoms with Crippen LogP contribution in [0, 0.1) is 5.82 Å². The van der Waals surface area contributed by atoms with E-state index in [9.17, 15) is 9.18 Å². The molecule has 0 radical (unpaired) electrons. The van der Waals surface area contributed by atoms with E-state index in [0.717, 1.165) is 16.5 Å². The molecule has 2 nitrogen and oxygen atoms in total. The molecule has 1 amide bonds. The van der Waals surface area contributed by atoms with E-state index < -0.39 is 0 Å². The first-order chi connectivity index (χ1) is 9.69. The number of alkyl halides is 1. The molecule has 4 heteroatoms. The molecule has 0 fully saturated rings. The summed E-state index contributed by atoms with van der Waals surface area (Å²) in [4.78, 5) is 11.9. The van der Waals surface area contributed by atoms with Crippen molar-refractivity contribution in [3.05, 3.63) is 71.0 Å². The van der Waals surface area contributed by atoms with Crippen molar-refractivity contribution >= 4 is 21.8 Å². The topological polar surface area (TPSA) is 29.1 Å². The number of rotatable bonds is 5. The minimum Gasteiger partial charge on any atom is -0.352 e. The van der Waals surface area contributed by atoms with Crippen LogP contribution in [0.3, 0.4) is 0 Å². The Morgan fingerprint density at radius 3 is 2.20 bits per heavy atom. The van der Waals surface area contributed by atoms with Crippen molar-refractivity contribution in [1.29, 1.82) is 0 Å². The highest BCUT2D eigenvalue weighted by molar-refractivity contribution is 9.08. The third kappa shape index (κ3) is 4.17. The highest BCUT2D eigenvalue weighted by Crippen LogP contribution is 2.08. The Labute approximate surface area is 126 Å². The van der Waals surface area contributed by atoms with Gasteiger partial charge in [-0.05, 0) is 41.8 Å². The normalized spacial score (nSPS) is 10.3. The zero-order valence-corrected chi connectivity index (χ0v) is 12.5. The average molecular weight is 336 g/mol. The fraction of sp³-hybridized carbons (Fsp3) is 0.188. The minimum atomic E-state index is -0.246. The van der Waals surface area contributed by atoms with Gasteiger partial charge in [-0.2, -0.15) is 0 Å². The highest BCUT2D eigenvalue weighted by Gasteiger charge is 2.04. The molecular weight excluding hydrogens is 321 g/mol. The molecule has 104 valence electrons. The maximum absolute atomic E-state index is 12.7. The summed E-state index contributed by atoms with van der Waals surface area (Å²) in [5.41, 5.74) is 2.78. The van der Waals surface area contributed by atoms with Crippen LogP contribution in [0.2, 0.25) is 0 Å². The Kier molecular flexibility index (Phi) is 5.30. The van der Waals surface area contributed by atoms with Crippen LogP contribution in [-0.2, 0) is 11.8 Å². The molecule has 0 unspecified atom stereocenters. The molecule has 0 atom stereocenters. The van der Waals surface area contributed by atoms with E-state index in [-0.39, 0.29) is 11.7 Å². The summed E-state index contributed by atoms with van der Waals surface area (Å²) < 4.78 is 12.7. The van der Waals surface area contributed by atoms with E-state index in [1.165, 1.54) is 12.1 Å². The number of nitrogens with one attached hydrogen (secondary N) is 1. The van der Waals surface area contributed by atoms with Gasteiger partial charge in [-0.3, -0.25) is 4.79 Å². The van der Waals surface area contributed by atoms with Crippen molar-refractivity contribution in [3.8, 4) is 0 Å². The number of carbonyl (C=O) groups excluding carboxylic acids is 1. The second-order valence-corrected chi connectivity index (χ2v) is 5.02. The zero-order chi connectivity index (χ0) is 14.4. The molecular formula is C16H15BrFNO. The molecule has 0 saturated carbocycles. The third-order valence-electron chi connectivity index (χ3n) is 2.98. The average Bonchev–Trinajstić information content (AvgIpc) is 2.49. The molecule has 2 aromatic rings. The van der Waals surface area contributed by atoms with E-state index >= 15 is 0 Å². The SMILES string of the molecule is O=C(NCCc1ccc(F)cc1)c1ccc(CBr)cc1. The van der Waals surface area contributed by atoms with Gasteiger partial charge in [0.2, 0.25) is 0 Å². The minimum absolute atomic E-state index is 0.0896. The zero-order valence-electron chi connectivity index (χ0n) is 10.9. The molecule has 0 aliphatic carbocycles. The number of benzene rings is 2. The molecule has 0 bridgehead atoms. The molecule has 0 aliphatic heterocycles. The third-order valence-corrected chi connectivity index (χ3v) is 3.63. The van der Waals surface area contributed by atoms with Gasteiger partial charge >= 0.3 is 0 Å². The van der Waals surface area contributed by atoms with Crippen LogP contribution in [0.4, 0.5) is 4.39 Å². The second-order valence-electron chi connectivity index (χ2n) is 4.46. The molecule has 2 aromatic carbocycles. The maximum Gasteiger partial charge on any atom is 0.251 e. The summed E-state index contributed by atoms with van der Waals surface area (Å²) >= 11 is 3.36. The van der Waals surface area contributed by atoms with Crippen molar-refractivity contribution in [3.63, 3.8) is 0 Å². The predicted molar refractivity (Wildman–Crippen MR) is 81.5 cm³/mol. The summed E-state index contributed by atoms with van der Waals surface area (Å²) in [7, 11) is 0. The lowest BCUT2D eigenvalue weighted by Crippen LogP contribution is -2.25. The van der Waals surface area contributed by atoms with Gasteiger partial charge < -0.3 is 5.32 Å². The molecule has 0 aliphatic rings. The Morgan fingerprint density at radius 2 is 1.60 bits per heavy atom. The number of amides is 1.